The number of rotatable bonds is 2. The van der Waals surface area contributed by atoms with Gasteiger partial charge in [-0.15, -0.1) is 0 Å². The zero-order valence-electron chi connectivity index (χ0n) is 14.1. The number of Topliss-reactive ketones (excluding diaryl/α,β-unsaturated/α-hetero) is 3. The summed E-state index contributed by atoms with van der Waals surface area (Å²) in [6.45, 7) is 3.38. The fourth-order valence-electron chi connectivity index (χ4n) is 2.90. The molecule has 0 saturated heterocycles. The molecule has 2 aromatic rings. The zero-order valence-corrected chi connectivity index (χ0v) is 15.0. The first-order chi connectivity index (χ1) is 12.5. The van der Waals surface area contributed by atoms with E-state index in [1.54, 1.807) is 24.3 Å². The number of hydrogen-bond acceptors (Lipinski definition) is 6. The molecule has 1 aliphatic heterocycles. The molecule has 6 heteroatoms. The van der Waals surface area contributed by atoms with E-state index in [1.807, 2.05) is 31.2 Å². The van der Waals surface area contributed by atoms with Crippen LogP contribution in [-0.2, 0) is 4.79 Å². The Bertz CT molecular complexity index is 998. The van der Waals surface area contributed by atoms with Gasteiger partial charge in [0.05, 0.1) is 5.69 Å². The van der Waals surface area contributed by atoms with Crippen molar-refractivity contribution in [1.82, 2.24) is 0 Å². The number of thioether (sulfide) groups is 1. The lowest BCUT2D eigenvalue weighted by Gasteiger charge is -2.16. The standard InChI is InChI=1S/C20H14N2O3S/c1-11-7-9-13(10-8-11)22-20(26-19(21-22)12(2)23)16-17(24)14-5-3-4-6-15(14)18(16)25/h3-10H,1-2H3. The van der Waals surface area contributed by atoms with Crippen LogP contribution >= 0.6 is 11.8 Å². The molecule has 0 N–H and O–H groups in total. The van der Waals surface area contributed by atoms with Crippen molar-refractivity contribution in [2.75, 3.05) is 5.01 Å². The van der Waals surface area contributed by atoms with Crippen LogP contribution in [0.4, 0.5) is 5.69 Å². The van der Waals surface area contributed by atoms with Crippen molar-refractivity contribution >= 4 is 39.8 Å². The Morgan fingerprint density at radius 3 is 2.08 bits per heavy atom. The number of hydrogen-bond donors (Lipinski definition) is 0. The first-order valence-corrected chi connectivity index (χ1v) is 8.86. The van der Waals surface area contributed by atoms with Crippen molar-refractivity contribution in [3.8, 4) is 0 Å². The number of aryl methyl sites for hydroxylation is 1. The van der Waals surface area contributed by atoms with Gasteiger partial charge in [-0.1, -0.05) is 42.0 Å². The van der Waals surface area contributed by atoms with Crippen molar-refractivity contribution in [3.05, 3.63) is 75.8 Å². The Morgan fingerprint density at radius 1 is 0.962 bits per heavy atom. The van der Waals surface area contributed by atoms with E-state index in [4.69, 9.17) is 0 Å². The average molecular weight is 362 g/mol. The summed E-state index contributed by atoms with van der Waals surface area (Å²) in [5.41, 5.74) is 2.61. The Kier molecular flexibility index (Phi) is 3.85. The first-order valence-electron chi connectivity index (χ1n) is 8.04. The highest BCUT2D eigenvalue weighted by molar-refractivity contribution is 8.19. The molecule has 26 heavy (non-hydrogen) atoms. The second-order valence-corrected chi connectivity index (χ2v) is 7.07. The Morgan fingerprint density at radius 2 is 1.54 bits per heavy atom. The van der Waals surface area contributed by atoms with Gasteiger partial charge in [0.1, 0.15) is 10.6 Å². The molecular weight excluding hydrogens is 348 g/mol. The van der Waals surface area contributed by atoms with E-state index in [2.05, 4.69) is 5.10 Å². The molecule has 0 spiro atoms. The van der Waals surface area contributed by atoms with Gasteiger partial charge in [-0.3, -0.25) is 14.4 Å². The number of fused-ring (bicyclic) bond motifs is 1. The van der Waals surface area contributed by atoms with E-state index >= 15 is 0 Å². The van der Waals surface area contributed by atoms with Crippen LogP contribution in [0.3, 0.4) is 0 Å². The second-order valence-electron chi connectivity index (χ2n) is 6.09. The van der Waals surface area contributed by atoms with E-state index in [1.165, 1.54) is 11.9 Å². The van der Waals surface area contributed by atoms with E-state index in [-0.39, 0.29) is 28.0 Å². The van der Waals surface area contributed by atoms with Gasteiger partial charge in [-0.25, -0.2) is 5.01 Å². The molecule has 0 aromatic heterocycles. The van der Waals surface area contributed by atoms with Crippen LogP contribution in [0, 0.1) is 6.92 Å². The molecule has 2 aromatic carbocycles. The molecule has 1 heterocycles. The largest absolute Gasteiger partial charge is 0.292 e. The lowest BCUT2D eigenvalue weighted by Crippen LogP contribution is -2.16. The van der Waals surface area contributed by atoms with Gasteiger partial charge in [0.15, 0.2) is 22.4 Å². The highest BCUT2D eigenvalue weighted by atomic mass is 32.2. The van der Waals surface area contributed by atoms with Crippen LogP contribution in [0.15, 0.2) is 64.2 Å². The van der Waals surface area contributed by atoms with Crippen LogP contribution in [0.2, 0.25) is 0 Å². The molecule has 0 unspecified atom stereocenters. The van der Waals surface area contributed by atoms with Gasteiger partial charge < -0.3 is 0 Å². The fraction of sp³-hybridized carbons (Fsp3) is 0.100. The number of allylic oxidation sites excluding steroid dienone is 1. The van der Waals surface area contributed by atoms with Crippen molar-refractivity contribution < 1.29 is 14.4 Å². The summed E-state index contributed by atoms with van der Waals surface area (Å²) >= 11 is 1.07. The summed E-state index contributed by atoms with van der Waals surface area (Å²) in [5.74, 6) is -0.867. The molecule has 0 bridgehead atoms. The van der Waals surface area contributed by atoms with Crippen molar-refractivity contribution in [2.24, 2.45) is 5.10 Å². The molecule has 128 valence electrons. The number of ketones is 3. The molecule has 2 aliphatic rings. The third-order valence-corrected chi connectivity index (χ3v) is 5.37. The number of hydrazone groups is 1. The minimum absolute atomic E-state index is 0.0665. The third-order valence-electron chi connectivity index (χ3n) is 4.24. The molecule has 0 fully saturated rings. The maximum absolute atomic E-state index is 12.8. The molecule has 4 rings (SSSR count). The van der Waals surface area contributed by atoms with Crippen LogP contribution in [0.25, 0.3) is 0 Å². The average Bonchev–Trinajstić information content (AvgIpc) is 3.17. The summed E-state index contributed by atoms with van der Waals surface area (Å²) in [5, 5.41) is 6.49. The van der Waals surface area contributed by atoms with Gasteiger partial charge in [0.2, 0.25) is 0 Å². The van der Waals surface area contributed by atoms with Gasteiger partial charge in [0.25, 0.3) is 0 Å². The predicted octanol–water partition coefficient (Wildman–Crippen LogP) is 3.74. The number of anilines is 1. The quantitative estimate of drug-likeness (QED) is 0.601. The lowest BCUT2D eigenvalue weighted by molar-refractivity contribution is -0.110. The minimum Gasteiger partial charge on any atom is -0.292 e. The summed E-state index contributed by atoms with van der Waals surface area (Å²) in [6.07, 6.45) is 0. The van der Waals surface area contributed by atoms with E-state index in [9.17, 15) is 14.4 Å². The van der Waals surface area contributed by atoms with Gasteiger partial charge in [-0.2, -0.15) is 5.10 Å². The monoisotopic (exact) mass is 362 g/mol. The summed E-state index contributed by atoms with van der Waals surface area (Å²) < 4.78 is 0. The third kappa shape index (κ3) is 2.50. The summed E-state index contributed by atoms with van der Waals surface area (Å²) in [7, 11) is 0. The normalized spacial score (nSPS) is 16.2. The zero-order chi connectivity index (χ0) is 18.4. The van der Waals surface area contributed by atoms with Gasteiger partial charge in [0, 0.05) is 18.1 Å². The molecular formula is C20H14N2O3S. The maximum atomic E-state index is 12.8. The predicted molar refractivity (Wildman–Crippen MR) is 101 cm³/mol. The van der Waals surface area contributed by atoms with E-state index in [0.717, 1.165) is 17.3 Å². The molecule has 0 amide bonds. The molecule has 1 aliphatic carbocycles. The molecule has 0 radical (unpaired) electrons. The van der Waals surface area contributed by atoms with Crippen LogP contribution < -0.4 is 5.01 Å². The summed E-state index contributed by atoms with van der Waals surface area (Å²) in [4.78, 5) is 37.5. The smallest absolute Gasteiger partial charge is 0.200 e. The van der Waals surface area contributed by atoms with E-state index in [0.29, 0.717) is 21.8 Å². The van der Waals surface area contributed by atoms with E-state index < -0.39 is 0 Å². The Balaban J connectivity index is 1.88. The highest BCUT2D eigenvalue weighted by Crippen LogP contribution is 2.41. The molecule has 0 saturated carbocycles. The highest BCUT2D eigenvalue weighted by Gasteiger charge is 2.40. The van der Waals surface area contributed by atoms with Crippen LogP contribution in [-0.4, -0.2) is 22.4 Å². The minimum atomic E-state index is -0.329. The summed E-state index contributed by atoms with van der Waals surface area (Å²) in [6, 6.07) is 14.3. The van der Waals surface area contributed by atoms with Gasteiger partial charge >= 0.3 is 0 Å². The van der Waals surface area contributed by atoms with Crippen LogP contribution in [0.5, 0.6) is 0 Å². The fourth-order valence-corrected chi connectivity index (χ4v) is 3.87. The Labute approximate surface area is 154 Å². The number of benzene rings is 2. The number of carbonyl (C=O) groups excluding carboxylic acids is 3. The maximum Gasteiger partial charge on any atom is 0.200 e. The van der Waals surface area contributed by atoms with Crippen molar-refractivity contribution in [3.63, 3.8) is 0 Å². The van der Waals surface area contributed by atoms with Gasteiger partial charge in [-0.05, 0) is 30.8 Å². The Hall–Kier alpha value is -2.99. The molecule has 0 atom stereocenters. The van der Waals surface area contributed by atoms with Crippen molar-refractivity contribution in [1.29, 1.82) is 0 Å². The first kappa shape index (κ1) is 16.5. The topological polar surface area (TPSA) is 66.8 Å². The second kappa shape index (κ2) is 6.07. The number of nitrogens with zero attached hydrogens (tertiary/aromatic N) is 2. The van der Waals surface area contributed by atoms with Crippen molar-refractivity contribution in [2.45, 2.75) is 13.8 Å². The van der Waals surface area contributed by atoms with Crippen LogP contribution in [0.1, 0.15) is 33.2 Å². The number of carbonyl (C=O) groups is 3. The lowest BCUT2D eigenvalue weighted by atomic mass is 10.1. The SMILES string of the molecule is CC(=O)C1=NN(c2ccc(C)cc2)C(=C2C(=O)c3ccccc3C2=O)S1. The molecule has 5 nitrogen and oxygen atoms in total.